The molecule has 0 bridgehead atoms. The summed E-state index contributed by atoms with van der Waals surface area (Å²) in [7, 11) is 3.61. The Kier molecular flexibility index (Phi) is 13.1. The molecule has 3 heterocycles. The van der Waals surface area contributed by atoms with E-state index in [4.69, 9.17) is 9.47 Å². The van der Waals surface area contributed by atoms with Crippen LogP contribution in [0.2, 0.25) is 0 Å². The molecular formula is C22H40IN7O2. The highest BCUT2D eigenvalue weighted by Gasteiger charge is 2.22. The first-order valence-electron chi connectivity index (χ1n) is 11.6. The van der Waals surface area contributed by atoms with Crippen molar-refractivity contribution in [3.05, 3.63) is 18.5 Å². The molecule has 3 rings (SSSR count). The van der Waals surface area contributed by atoms with E-state index in [9.17, 15) is 0 Å². The summed E-state index contributed by atoms with van der Waals surface area (Å²) < 4.78 is 11.0. The molecule has 2 saturated heterocycles. The fourth-order valence-electron chi connectivity index (χ4n) is 4.15. The van der Waals surface area contributed by atoms with Gasteiger partial charge in [-0.25, -0.2) is 9.97 Å². The van der Waals surface area contributed by atoms with Gasteiger partial charge >= 0.3 is 0 Å². The second-order valence-electron chi connectivity index (χ2n) is 8.11. The van der Waals surface area contributed by atoms with Gasteiger partial charge in [0.15, 0.2) is 5.96 Å². The van der Waals surface area contributed by atoms with E-state index in [0.29, 0.717) is 6.10 Å². The molecule has 2 aliphatic heterocycles. The van der Waals surface area contributed by atoms with Crippen LogP contribution < -0.4 is 10.2 Å². The third kappa shape index (κ3) is 8.95. The van der Waals surface area contributed by atoms with E-state index in [0.717, 1.165) is 103 Å². The molecule has 0 unspecified atom stereocenters. The molecule has 0 aromatic carbocycles. The summed E-state index contributed by atoms with van der Waals surface area (Å²) in [5, 5.41) is 3.55. The number of piperidine rings is 1. The third-order valence-corrected chi connectivity index (χ3v) is 5.94. The van der Waals surface area contributed by atoms with Crippen molar-refractivity contribution in [1.29, 1.82) is 0 Å². The van der Waals surface area contributed by atoms with E-state index in [1.165, 1.54) is 0 Å². The number of guanidine groups is 1. The fraction of sp³-hybridized carbons (Fsp3) is 0.773. The second-order valence-corrected chi connectivity index (χ2v) is 8.11. The number of hydrogen-bond acceptors (Lipinski definition) is 7. The van der Waals surface area contributed by atoms with Crippen molar-refractivity contribution in [1.82, 2.24) is 25.1 Å². The lowest BCUT2D eigenvalue weighted by atomic mass is 10.1. The van der Waals surface area contributed by atoms with Crippen LogP contribution in [0.1, 0.15) is 25.7 Å². The van der Waals surface area contributed by atoms with Gasteiger partial charge in [-0.3, -0.25) is 9.89 Å². The van der Waals surface area contributed by atoms with Crippen LogP contribution in [-0.4, -0.2) is 112 Å². The van der Waals surface area contributed by atoms with Gasteiger partial charge in [0.2, 0.25) is 5.95 Å². The quantitative estimate of drug-likeness (QED) is 0.200. The predicted octanol–water partition coefficient (Wildman–Crippen LogP) is 1.70. The summed E-state index contributed by atoms with van der Waals surface area (Å²) in [6.45, 7) is 9.70. The second kappa shape index (κ2) is 15.6. The van der Waals surface area contributed by atoms with Crippen molar-refractivity contribution in [3.8, 4) is 0 Å². The van der Waals surface area contributed by atoms with Gasteiger partial charge < -0.3 is 24.6 Å². The van der Waals surface area contributed by atoms with Gasteiger partial charge in [0, 0.05) is 85.6 Å². The topological polar surface area (TPSA) is 78.4 Å². The summed E-state index contributed by atoms with van der Waals surface area (Å²) in [6.07, 6.45) is 8.18. The lowest BCUT2D eigenvalue weighted by Gasteiger charge is -2.35. The molecule has 1 aromatic rings. The Labute approximate surface area is 210 Å². The van der Waals surface area contributed by atoms with Gasteiger partial charge in [-0.05, 0) is 38.3 Å². The zero-order chi connectivity index (χ0) is 21.7. The zero-order valence-corrected chi connectivity index (χ0v) is 21.9. The Hall–Kier alpha value is -1.24. The van der Waals surface area contributed by atoms with Crippen molar-refractivity contribution in [2.45, 2.75) is 31.8 Å². The summed E-state index contributed by atoms with van der Waals surface area (Å²) in [5.74, 6) is 1.86. The van der Waals surface area contributed by atoms with Gasteiger partial charge in [-0.15, -0.1) is 24.0 Å². The maximum absolute atomic E-state index is 5.96. The van der Waals surface area contributed by atoms with Crippen molar-refractivity contribution >= 4 is 35.9 Å². The van der Waals surface area contributed by atoms with E-state index in [-0.39, 0.29) is 24.0 Å². The number of ether oxygens (including phenoxy) is 2. The number of likely N-dealkylation sites (tertiary alicyclic amines) is 1. The Bertz CT molecular complexity index is 636. The van der Waals surface area contributed by atoms with Crippen LogP contribution >= 0.6 is 24.0 Å². The average Bonchev–Trinajstić information content (AvgIpc) is 2.83. The van der Waals surface area contributed by atoms with Crippen LogP contribution in [-0.2, 0) is 9.47 Å². The smallest absolute Gasteiger partial charge is 0.225 e. The highest BCUT2D eigenvalue weighted by Crippen LogP contribution is 2.14. The molecule has 0 aliphatic carbocycles. The number of piperazine rings is 1. The highest BCUT2D eigenvalue weighted by molar-refractivity contribution is 14.0. The summed E-state index contributed by atoms with van der Waals surface area (Å²) in [6, 6.07) is 1.86. The molecule has 1 aromatic heterocycles. The minimum absolute atomic E-state index is 0. The van der Waals surface area contributed by atoms with Crippen LogP contribution in [0.15, 0.2) is 23.5 Å². The number of methoxy groups -OCH3 is 1. The highest BCUT2D eigenvalue weighted by atomic mass is 127. The number of anilines is 1. The Morgan fingerprint density at radius 3 is 2.44 bits per heavy atom. The van der Waals surface area contributed by atoms with Gasteiger partial charge in [-0.1, -0.05) is 0 Å². The van der Waals surface area contributed by atoms with Gasteiger partial charge in [0.05, 0.1) is 6.10 Å². The number of aromatic nitrogens is 2. The first-order chi connectivity index (χ1) is 15.3. The van der Waals surface area contributed by atoms with Gasteiger partial charge in [0.25, 0.3) is 0 Å². The maximum atomic E-state index is 5.96. The molecule has 10 heteroatoms. The van der Waals surface area contributed by atoms with E-state index < -0.39 is 0 Å². The minimum atomic E-state index is 0. The molecule has 0 amide bonds. The Morgan fingerprint density at radius 2 is 1.78 bits per heavy atom. The summed E-state index contributed by atoms with van der Waals surface area (Å²) in [4.78, 5) is 20.4. The van der Waals surface area contributed by atoms with Crippen LogP contribution in [0.25, 0.3) is 0 Å². The van der Waals surface area contributed by atoms with E-state index in [1.54, 1.807) is 7.11 Å². The Morgan fingerprint density at radius 1 is 1.06 bits per heavy atom. The molecule has 0 radical (unpaired) electrons. The molecule has 2 aliphatic rings. The van der Waals surface area contributed by atoms with Crippen LogP contribution in [0.5, 0.6) is 0 Å². The van der Waals surface area contributed by atoms with Crippen LogP contribution in [0.3, 0.4) is 0 Å². The molecule has 9 nitrogen and oxygen atoms in total. The van der Waals surface area contributed by atoms with E-state index >= 15 is 0 Å². The standard InChI is InChI=1S/C22H39N7O2.HI/c1-23-21(28-12-6-20(7-13-28)31-19-5-18-30-2)24-10-4-11-27-14-16-29(17-15-27)22-25-8-3-9-26-22;/h3,8-9,20H,4-7,10-19H2,1-2H3,(H,23,24);1H. The minimum Gasteiger partial charge on any atom is -0.385 e. The monoisotopic (exact) mass is 561 g/mol. The third-order valence-electron chi connectivity index (χ3n) is 5.94. The lowest BCUT2D eigenvalue weighted by Crippen LogP contribution is -2.49. The normalized spacial score (nSPS) is 18.5. The van der Waals surface area contributed by atoms with Crippen molar-refractivity contribution in [3.63, 3.8) is 0 Å². The Balaban J connectivity index is 0.00000363. The van der Waals surface area contributed by atoms with Crippen LogP contribution in [0, 0.1) is 0 Å². The van der Waals surface area contributed by atoms with Gasteiger partial charge in [0.1, 0.15) is 0 Å². The van der Waals surface area contributed by atoms with E-state index in [1.807, 2.05) is 25.5 Å². The molecule has 0 spiro atoms. The van der Waals surface area contributed by atoms with Gasteiger partial charge in [-0.2, -0.15) is 0 Å². The predicted molar refractivity (Wildman–Crippen MR) is 139 cm³/mol. The number of rotatable bonds is 10. The van der Waals surface area contributed by atoms with Crippen molar-refractivity contribution < 1.29 is 9.47 Å². The molecule has 0 atom stereocenters. The average molecular weight is 562 g/mol. The molecule has 32 heavy (non-hydrogen) atoms. The maximum Gasteiger partial charge on any atom is 0.225 e. The largest absolute Gasteiger partial charge is 0.385 e. The number of hydrogen-bond donors (Lipinski definition) is 1. The first kappa shape index (κ1) is 27.0. The van der Waals surface area contributed by atoms with E-state index in [2.05, 4.69) is 35.0 Å². The summed E-state index contributed by atoms with van der Waals surface area (Å²) >= 11 is 0. The molecule has 0 saturated carbocycles. The number of nitrogens with zero attached hydrogens (tertiary/aromatic N) is 6. The number of halogens is 1. The molecule has 182 valence electrons. The molecule has 1 N–H and O–H groups in total. The SMILES string of the molecule is CN=C(NCCCN1CCN(c2ncccn2)CC1)N1CCC(OCCCOC)CC1.I. The molecule has 2 fully saturated rings. The lowest BCUT2D eigenvalue weighted by molar-refractivity contribution is 0.00991. The summed E-state index contributed by atoms with van der Waals surface area (Å²) in [5.41, 5.74) is 0. The fourth-order valence-corrected chi connectivity index (χ4v) is 4.15. The molecular weight excluding hydrogens is 521 g/mol. The van der Waals surface area contributed by atoms with Crippen molar-refractivity contribution in [2.24, 2.45) is 4.99 Å². The van der Waals surface area contributed by atoms with Crippen molar-refractivity contribution in [2.75, 3.05) is 84.6 Å². The van der Waals surface area contributed by atoms with Crippen LogP contribution in [0.4, 0.5) is 5.95 Å². The zero-order valence-electron chi connectivity index (χ0n) is 19.6. The number of nitrogens with one attached hydrogen (secondary N) is 1. The number of aliphatic imine (C=N–C) groups is 1. The first-order valence-corrected chi connectivity index (χ1v) is 11.6.